The second kappa shape index (κ2) is 6.10. The Morgan fingerprint density at radius 2 is 1.90 bits per heavy atom. The Morgan fingerprint density at radius 1 is 1.20 bits per heavy atom. The van der Waals surface area contributed by atoms with Crippen LogP contribution < -0.4 is 4.90 Å². The molecule has 0 aromatic carbocycles. The molecule has 1 saturated carbocycles. The number of hydrogen-bond acceptors (Lipinski definition) is 4. The summed E-state index contributed by atoms with van der Waals surface area (Å²) >= 11 is 0. The van der Waals surface area contributed by atoms with Gasteiger partial charge >= 0.3 is 0 Å². The zero-order chi connectivity index (χ0) is 13.9. The molecule has 1 aliphatic heterocycles. The van der Waals surface area contributed by atoms with E-state index in [4.69, 9.17) is 0 Å². The van der Waals surface area contributed by atoms with Gasteiger partial charge in [-0.05, 0) is 25.8 Å². The summed E-state index contributed by atoms with van der Waals surface area (Å²) in [5.74, 6) is 0.966. The highest BCUT2D eigenvalue weighted by molar-refractivity contribution is 5.48. The van der Waals surface area contributed by atoms with Crippen molar-refractivity contribution in [2.24, 2.45) is 0 Å². The van der Waals surface area contributed by atoms with E-state index in [0.717, 1.165) is 43.6 Å². The van der Waals surface area contributed by atoms with E-state index in [1.54, 1.807) is 0 Å². The number of aliphatic hydroxyl groups is 1. The van der Waals surface area contributed by atoms with Gasteiger partial charge in [-0.3, -0.25) is 4.90 Å². The minimum absolute atomic E-state index is 0.452. The smallest absolute Gasteiger partial charge is 0.134 e. The highest BCUT2D eigenvalue weighted by Gasteiger charge is 2.27. The molecule has 3 rings (SSSR count). The van der Waals surface area contributed by atoms with Crippen molar-refractivity contribution in [1.29, 1.82) is 0 Å². The summed E-state index contributed by atoms with van der Waals surface area (Å²) in [6.45, 7) is 6.11. The molecule has 2 heterocycles. The Labute approximate surface area is 121 Å². The summed E-state index contributed by atoms with van der Waals surface area (Å²) in [5, 5.41) is 9.88. The topological polar surface area (TPSA) is 39.6 Å². The molecular weight excluding hydrogens is 250 g/mol. The Balaban J connectivity index is 1.66. The van der Waals surface area contributed by atoms with Gasteiger partial charge in [-0.1, -0.05) is 18.9 Å². The number of hydrogen-bond donors (Lipinski definition) is 1. The van der Waals surface area contributed by atoms with Crippen molar-refractivity contribution in [2.75, 3.05) is 31.1 Å². The van der Waals surface area contributed by atoms with Crippen LogP contribution in [0.3, 0.4) is 0 Å². The summed E-state index contributed by atoms with van der Waals surface area (Å²) < 4.78 is 0. The molecule has 2 aliphatic rings. The van der Waals surface area contributed by atoms with Crippen LogP contribution in [0.15, 0.2) is 18.3 Å². The molecule has 0 bridgehead atoms. The van der Waals surface area contributed by atoms with Gasteiger partial charge in [-0.25, -0.2) is 4.98 Å². The lowest BCUT2D eigenvalue weighted by atomic mass is 10.1. The Bertz CT molecular complexity index is 435. The predicted molar refractivity (Wildman–Crippen MR) is 80.9 cm³/mol. The van der Waals surface area contributed by atoms with Crippen molar-refractivity contribution in [3.8, 4) is 0 Å². The van der Waals surface area contributed by atoms with Crippen LogP contribution in [0, 0.1) is 0 Å². The number of anilines is 1. The fourth-order valence-corrected chi connectivity index (χ4v) is 3.57. The van der Waals surface area contributed by atoms with Gasteiger partial charge in [-0.15, -0.1) is 0 Å². The van der Waals surface area contributed by atoms with E-state index in [-0.39, 0.29) is 0 Å². The summed E-state index contributed by atoms with van der Waals surface area (Å²) in [5.41, 5.74) is 0.946. The van der Waals surface area contributed by atoms with Crippen LogP contribution in [-0.2, 0) is 0 Å². The van der Waals surface area contributed by atoms with Gasteiger partial charge in [0.25, 0.3) is 0 Å². The zero-order valence-electron chi connectivity index (χ0n) is 12.3. The fourth-order valence-electron chi connectivity index (χ4n) is 3.57. The van der Waals surface area contributed by atoms with Gasteiger partial charge in [0.05, 0.1) is 6.10 Å². The zero-order valence-corrected chi connectivity index (χ0v) is 12.3. The summed E-state index contributed by atoms with van der Waals surface area (Å²) in [6, 6.07) is 4.70. The summed E-state index contributed by atoms with van der Waals surface area (Å²) in [4.78, 5) is 9.47. The Hall–Kier alpha value is -1.13. The van der Waals surface area contributed by atoms with Gasteiger partial charge < -0.3 is 10.0 Å². The van der Waals surface area contributed by atoms with E-state index in [2.05, 4.69) is 14.8 Å². The molecule has 1 aromatic heterocycles. The van der Waals surface area contributed by atoms with E-state index in [1.165, 1.54) is 25.7 Å². The number of rotatable bonds is 3. The lowest BCUT2D eigenvalue weighted by Gasteiger charge is -2.39. The molecule has 1 saturated heterocycles. The molecular formula is C16H25N3O. The molecule has 0 spiro atoms. The third-order valence-corrected chi connectivity index (χ3v) is 4.72. The molecule has 0 unspecified atom stereocenters. The average molecular weight is 275 g/mol. The Morgan fingerprint density at radius 3 is 2.55 bits per heavy atom. The van der Waals surface area contributed by atoms with Gasteiger partial charge in [0.15, 0.2) is 0 Å². The second-order valence-corrected chi connectivity index (χ2v) is 6.05. The minimum Gasteiger partial charge on any atom is -0.389 e. The van der Waals surface area contributed by atoms with Crippen molar-refractivity contribution in [3.63, 3.8) is 0 Å². The molecule has 4 heteroatoms. The van der Waals surface area contributed by atoms with Crippen molar-refractivity contribution in [1.82, 2.24) is 9.88 Å². The van der Waals surface area contributed by atoms with Crippen molar-refractivity contribution in [3.05, 3.63) is 23.9 Å². The van der Waals surface area contributed by atoms with Crippen molar-refractivity contribution in [2.45, 2.75) is 44.8 Å². The van der Waals surface area contributed by atoms with Crippen LogP contribution in [0.4, 0.5) is 5.82 Å². The van der Waals surface area contributed by atoms with Crippen LogP contribution in [0.25, 0.3) is 0 Å². The summed E-state index contributed by atoms with van der Waals surface area (Å²) in [6.07, 6.45) is 6.93. The molecule has 0 amide bonds. The van der Waals surface area contributed by atoms with Gasteiger partial charge in [0.1, 0.15) is 5.82 Å². The maximum atomic E-state index is 9.88. The van der Waals surface area contributed by atoms with E-state index in [0.29, 0.717) is 0 Å². The number of aromatic nitrogens is 1. The van der Waals surface area contributed by atoms with Gasteiger partial charge in [-0.2, -0.15) is 0 Å². The first kappa shape index (κ1) is 13.8. The van der Waals surface area contributed by atoms with Crippen molar-refractivity contribution < 1.29 is 5.11 Å². The predicted octanol–water partition coefficient (Wildman–Crippen LogP) is 2.20. The maximum absolute atomic E-state index is 9.88. The first-order valence-corrected chi connectivity index (χ1v) is 7.87. The Kier molecular flexibility index (Phi) is 4.22. The molecule has 1 atom stereocenters. The third-order valence-electron chi connectivity index (χ3n) is 4.72. The molecule has 4 nitrogen and oxygen atoms in total. The molecule has 0 radical (unpaired) electrons. The van der Waals surface area contributed by atoms with Crippen LogP contribution in [0.1, 0.15) is 44.3 Å². The largest absolute Gasteiger partial charge is 0.389 e. The van der Waals surface area contributed by atoms with Crippen molar-refractivity contribution >= 4 is 5.82 Å². The van der Waals surface area contributed by atoms with Crippen LogP contribution in [-0.4, -0.2) is 47.2 Å². The average Bonchev–Trinajstić information content (AvgIpc) is 3.02. The van der Waals surface area contributed by atoms with Gasteiger partial charge in [0, 0.05) is 44.0 Å². The highest BCUT2D eigenvalue weighted by atomic mass is 16.3. The molecule has 1 aromatic rings. The molecule has 2 fully saturated rings. The van der Waals surface area contributed by atoms with Crippen LogP contribution in [0.2, 0.25) is 0 Å². The standard InChI is InChI=1S/C16H25N3O/c1-13(20)15-7-4-8-17-16(15)19-11-9-18(10-12-19)14-5-2-3-6-14/h4,7-8,13-14,20H,2-3,5-6,9-12H2,1H3/t13-/m0/s1. The minimum atomic E-state index is -0.452. The van der Waals surface area contributed by atoms with Gasteiger partial charge in [0.2, 0.25) is 0 Å². The lowest BCUT2D eigenvalue weighted by molar-refractivity contribution is 0.184. The second-order valence-electron chi connectivity index (χ2n) is 6.05. The van der Waals surface area contributed by atoms with E-state index < -0.39 is 6.10 Å². The van der Waals surface area contributed by atoms with E-state index in [1.807, 2.05) is 25.3 Å². The van der Waals surface area contributed by atoms with Crippen LogP contribution in [0.5, 0.6) is 0 Å². The number of aliphatic hydroxyl groups excluding tert-OH is 1. The quantitative estimate of drug-likeness (QED) is 0.918. The maximum Gasteiger partial charge on any atom is 0.134 e. The molecule has 20 heavy (non-hydrogen) atoms. The van der Waals surface area contributed by atoms with E-state index in [9.17, 15) is 5.11 Å². The SMILES string of the molecule is C[C@H](O)c1cccnc1N1CCN(C2CCCC2)CC1. The highest BCUT2D eigenvalue weighted by Crippen LogP contribution is 2.27. The third kappa shape index (κ3) is 2.81. The number of pyridine rings is 1. The lowest BCUT2D eigenvalue weighted by Crippen LogP contribution is -2.50. The molecule has 110 valence electrons. The molecule has 1 aliphatic carbocycles. The number of nitrogens with zero attached hydrogens (tertiary/aromatic N) is 3. The fraction of sp³-hybridized carbons (Fsp3) is 0.688. The first-order valence-electron chi connectivity index (χ1n) is 7.87. The first-order chi connectivity index (χ1) is 9.75. The van der Waals surface area contributed by atoms with E-state index >= 15 is 0 Å². The van der Waals surface area contributed by atoms with Crippen LogP contribution >= 0.6 is 0 Å². The number of piperazine rings is 1. The molecule has 1 N–H and O–H groups in total. The summed E-state index contributed by atoms with van der Waals surface area (Å²) in [7, 11) is 0. The normalized spacial score (nSPS) is 23.2. The monoisotopic (exact) mass is 275 g/mol.